The first kappa shape index (κ1) is 29.4. The second-order valence-corrected chi connectivity index (χ2v) is 11.4. The van der Waals surface area contributed by atoms with Crippen molar-refractivity contribution in [3.63, 3.8) is 0 Å². The van der Waals surface area contributed by atoms with Crippen LogP contribution in [-0.2, 0) is 9.59 Å². The molecular formula is C32H34N6O5. The van der Waals surface area contributed by atoms with Gasteiger partial charge >= 0.3 is 6.03 Å². The smallest absolute Gasteiger partial charge is 0.326 e. The fraction of sp³-hybridized carbons (Fsp3) is 0.312. The number of amidine groups is 1. The van der Waals surface area contributed by atoms with Crippen molar-refractivity contribution in [2.24, 2.45) is 10.7 Å². The molecule has 3 heterocycles. The number of carbonyl (C=O) groups excluding carboxylic acids is 4. The van der Waals surface area contributed by atoms with E-state index in [0.29, 0.717) is 30.2 Å². The molecule has 0 saturated carbocycles. The van der Waals surface area contributed by atoms with E-state index in [2.05, 4.69) is 10.3 Å². The Morgan fingerprint density at radius 3 is 2.40 bits per heavy atom. The van der Waals surface area contributed by atoms with Crippen molar-refractivity contribution in [1.82, 2.24) is 20.1 Å². The number of amides is 4. The average molecular weight is 583 g/mol. The van der Waals surface area contributed by atoms with Crippen LogP contribution in [0.3, 0.4) is 0 Å². The number of carbonyl (C=O) groups is 4. The zero-order chi connectivity index (χ0) is 30.7. The Hall–Kier alpha value is -5.06. The molecule has 5 rings (SSSR count). The van der Waals surface area contributed by atoms with Gasteiger partial charge in [0.15, 0.2) is 5.78 Å². The van der Waals surface area contributed by atoms with E-state index < -0.39 is 35.8 Å². The number of primary amides is 1. The predicted molar refractivity (Wildman–Crippen MR) is 159 cm³/mol. The lowest BCUT2D eigenvalue weighted by molar-refractivity contribution is -0.123. The zero-order valence-electron chi connectivity index (χ0n) is 24.3. The molecule has 1 fully saturated rings. The van der Waals surface area contributed by atoms with Gasteiger partial charge in [-0.2, -0.15) is 0 Å². The fourth-order valence-corrected chi connectivity index (χ4v) is 5.25. The monoisotopic (exact) mass is 582 g/mol. The van der Waals surface area contributed by atoms with E-state index in [9.17, 15) is 19.2 Å². The molecule has 11 nitrogen and oxygen atoms in total. The van der Waals surface area contributed by atoms with E-state index in [1.54, 1.807) is 35.5 Å². The van der Waals surface area contributed by atoms with Crippen molar-refractivity contribution in [2.75, 3.05) is 19.6 Å². The van der Waals surface area contributed by atoms with Gasteiger partial charge in [0.2, 0.25) is 11.8 Å². The van der Waals surface area contributed by atoms with E-state index in [0.717, 1.165) is 11.1 Å². The molecule has 0 radical (unpaired) electrons. The zero-order valence-corrected chi connectivity index (χ0v) is 24.3. The minimum absolute atomic E-state index is 0.0897. The highest BCUT2D eigenvalue weighted by atomic mass is 16.5. The summed E-state index contributed by atoms with van der Waals surface area (Å²) in [5, 5.41) is 2.77. The predicted octanol–water partition coefficient (Wildman–Crippen LogP) is 3.41. The van der Waals surface area contributed by atoms with Crippen LogP contribution in [0.2, 0.25) is 0 Å². The van der Waals surface area contributed by atoms with Crippen LogP contribution in [0, 0.1) is 0 Å². The van der Waals surface area contributed by atoms with Crippen molar-refractivity contribution in [3.8, 4) is 5.75 Å². The van der Waals surface area contributed by atoms with Gasteiger partial charge in [-0.3, -0.25) is 29.3 Å². The van der Waals surface area contributed by atoms with Gasteiger partial charge in [0.1, 0.15) is 29.8 Å². The highest BCUT2D eigenvalue weighted by Crippen LogP contribution is 2.45. The maximum Gasteiger partial charge on any atom is 0.326 e. The second-order valence-electron chi connectivity index (χ2n) is 11.4. The molecule has 0 bridgehead atoms. The third-order valence-electron chi connectivity index (χ3n) is 7.07. The third-order valence-corrected chi connectivity index (χ3v) is 7.07. The van der Waals surface area contributed by atoms with Gasteiger partial charge in [0.25, 0.3) is 0 Å². The number of urea groups is 1. The molecule has 3 N–H and O–H groups in total. The third kappa shape index (κ3) is 6.56. The molecule has 222 valence electrons. The molecule has 0 aliphatic carbocycles. The molecule has 2 unspecified atom stereocenters. The fourth-order valence-electron chi connectivity index (χ4n) is 5.25. The number of aromatic nitrogens is 1. The molecule has 2 aliphatic rings. The minimum Gasteiger partial charge on any atom is -0.487 e. The molecular weight excluding hydrogens is 548 g/mol. The highest BCUT2D eigenvalue weighted by Gasteiger charge is 2.45. The Bertz CT molecular complexity index is 1570. The number of rotatable bonds is 7. The highest BCUT2D eigenvalue weighted by molar-refractivity contribution is 6.12. The quantitative estimate of drug-likeness (QED) is 0.322. The Morgan fingerprint density at radius 2 is 1.74 bits per heavy atom. The van der Waals surface area contributed by atoms with Gasteiger partial charge in [-0.05, 0) is 56.2 Å². The number of nitrogens with one attached hydrogen (secondary N) is 1. The Kier molecular flexibility index (Phi) is 8.24. The lowest BCUT2D eigenvalue weighted by Gasteiger charge is -2.36. The summed E-state index contributed by atoms with van der Waals surface area (Å²) in [6.07, 6.45) is 2.89. The van der Waals surface area contributed by atoms with Crippen molar-refractivity contribution < 1.29 is 23.9 Å². The molecule has 2 aromatic carbocycles. The number of benzene rings is 2. The molecule has 4 amide bonds. The Morgan fingerprint density at radius 1 is 1.02 bits per heavy atom. The van der Waals surface area contributed by atoms with E-state index >= 15 is 0 Å². The molecule has 11 heteroatoms. The summed E-state index contributed by atoms with van der Waals surface area (Å²) in [6, 6.07) is 16.7. The van der Waals surface area contributed by atoms with Gasteiger partial charge in [0.05, 0.1) is 18.0 Å². The number of aliphatic imine (C=N–C) groups is 1. The van der Waals surface area contributed by atoms with E-state index in [4.69, 9.17) is 15.5 Å². The van der Waals surface area contributed by atoms with Gasteiger partial charge < -0.3 is 20.7 Å². The number of ether oxygens (including phenoxy) is 1. The maximum atomic E-state index is 14.4. The molecule has 1 aromatic heterocycles. The number of ketones is 1. The van der Waals surface area contributed by atoms with Crippen LogP contribution in [0.15, 0.2) is 78.0 Å². The van der Waals surface area contributed by atoms with Crippen molar-refractivity contribution in [2.45, 2.75) is 44.9 Å². The van der Waals surface area contributed by atoms with Crippen LogP contribution in [0.5, 0.6) is 5.75 Å². The van der Waals surface area contributed by atoms with Crippen LogP contribution in [0.1, 0.15) is 66.3 Å². The number of hydrogen-bond donors (Lipinski definition) is 2. The Labute approximate surface area is 249 Å². The van der Waals surface area contributed by atoms with Crippen LogP contribution in [0.4, 0.5) is 4.79 Å². The summed E-state index contributed by atoms with van der Waals surface area (Å²) in [5.41, 5.74) is 7.03. The van der Waals surface area contributed by atoms with Crippen LogP contribution in [-0.4, -0.2) is 69.5 Å². The average Bonchev–Trinajstić information content (AvgIpc) is 3.37. The van der Waals surface area contributed by atoms with Crippen molar-refractivity contribution >= 4 is 29.5 Å². The SMILES string of the molecule is CC(C)(C)Oc1cc(C(=O)CC(N)=O)ccc1C1=NC(c2ccccc2)C(c2ccncc2)N1C(=O)N1CCNC(=O)C1. The first-order valence-electron chi connectivity index (χ1n) is 14.0. The van der Waals surface area contributed by atoms with Gasteiger partial charge in [0, 0.05) is 31.0 Å². The molecule has 2 atom stereocenters. The summed E-state index contributed by atoms with van der Waals surface area (Å²) in [5.74, 6) is -0.778. The molecule has 3 aromatic rings. The van der Waals surface area contributed by atoms with Gasteiger partial charge in [-0.1, -0.05) is 36.4 Å². The van der Waals surface area contributed by atoms with Gasteiger partial charge in [-0.25, -0.2) is 4.79 Å². The summed E-state index contributed by atoms with van der Waals surface area (Å²) >= 11 is 0. The first-order chi connectivity index (χ1) is 20.5. The summed E-state index contributed by atoms with van der Waals surface area (Å²) in [6.45, 7) is 6.18. The number of nitrogens with zero attached hydrogens (tertiary/aromatic N) is 4. The number of hydrogen-bond acceptors (Lipinski definition) is 7. The lowest BCUT2D eigenvalue weighted by Crippen LogP contribution is -2.55. The van der Waals surface area contributed by atoms with Crippen LogP contribution < -0.4 is 15.8 Å². The molecule has 2 aliphatic heterocycles. The molecule has 43 heavy (non-hydrogen) atoms. The molecule has 1 saturated heterocycles. The minimum atomic E-state index is -0.735. The Balaban J connectivity index is 1.70. The number of piperazine rings is 1. The number of Topliss-reactive ketones (excluding diaryl/α,β-unsaturated/α-hetero) is 1. The van der Waals surface area contributed by atoms with Crippen LogP contribution >= 0.6 is 0 Å². The molecule has 0 spiro atoms. The van der Waals surface area contributed by atoms with Crippen molar-refractivity contribution in [3.05, 3.63) is 95.3 Å². The van der Waals surface area contributed by atoms with E-state index in [1.807, 2.05) is 63.2 Å². The largest absolute Gasteiger partial charge is 0.487 e. The first-order valence-corrected chi connectivity index (χ1v) is 14.0. The summed E-state index contributed by atoms with van der Waals surface area (Å²) in [7, 11) is 0. The van der Waals surface area contributed by atoms with Gasteiger partial charge in [-0.15, -0.1) is 0 Å². The summed E-state index contributed by atoms with van der Waals surface area (Å²) in [4.78, 5) is 63.4. The summed E-state index contributed by atoms with van der Waals surface area (Å²) < 4.78 is 6.34. The number of pyridine rings is 1. The number of nitrogens with two attached hydrogens (primary N) is 1. The standard InChI is InChI=1S/C32H34N6O5/c1-32(2,3)43-25-17-22(24(39)18-26(33)40)9-10-23(25)30-36-28(20-7-5-4-6-8-20)29(21-11-13-34-14-12-21)38(30)31(42)37-16-15-35-27(41)19-37/h4-14,17,28-29H,15-16,18-19H2,1-3H3,(H2,33,40)(H,35,41). The lowest BCUT2D eigenvalue weighted by atomic mass is 9.94. The second kappa shape index (κ2) is 12.0. The van der Waals surface area contributed by atoms with Crippen LogP contribution in [0.25, 0.3) is 0 Å². The maximum absolute atomic E-state index is 14.4. The normalized spacial score (nSPS) is 18.6. The topological polar surface area (TPSA) is 147 Å². The van der Waals surface area contributed by atoms with Crippen molar-refractivity contribution in [1.29, 1.82) is 0 Å². The van der Waals surface area contributed by atoms with E-state index in [-0.39, 0.29) is 24.0 Å². The van der Waals surface area contributed by atoms with E-state index in [1.165, 1.54) is 4.90 Å².